The number of rotatable bonds is 9. The van der Waals surface area contributed by atoms with Gasteiger partial charge in [-0.2, -0.15) is 0 Å². The van der Waals surface area contributed by atoms with E-state index in [1.165, 1.54) is 11.3 Å². The van der Waals surface area contributed by atoms with Crippen molar-refractivity contribution in [1.29, 1.82) is 0 Å². The van der Waals surface area contributed by atoms with Crippen molar-refractivity contribution in [3.8, 4) is 5.75 Å². The summed E-state index contributed by atoms with van der Waals surface area (Å²) in [6.07, 6.45) is 3.81. The summed E-state index contributed by atoms with van der Waals surface area (Å²) in [5.74, 6) is 0.0835. The van der Waals surface area contributed by atoms with Gasteiger partial charge in [0.15, 0.2) is 4.80 Å². The fraction of sp³-hybridized carbons (Fsp3) is 0.139. The van der Waals surface area contributed by atoms with Crippen molar-refractivity contribution in [3.05, 3.63) is 155 Å². The lowest BCUT2D eigenvalue weighted by molar-refractivity contribution is -0.138. The Kier molecular flexibility index (Phi) is 9.80. The van der Waals surface area contributed by atoms with Crippen molar-refractivity contribution in [2.45, 2.75) is 24.5 Å². The van der Waals surface area contributed by atoms with E-state index in [0.29, 0.717) is 36.4 Å². The highest BCUT2D eigenvalue weighted by molar-refractivity contribution is 7.98. The Morgan fingerprint density at radius 1 is 0.978 bits per heavy atom. The molecule has 1 aliphatic heterocycles. The van der Waals surface area contributed by atoms with Crippen molar-refractivity contribution in [3.63, 3.8) is 0 Å². The summed E-state index contributed by atoms with van der Waals surface area (Å²) in [6.45, 7) is 2.21. The molecule has 2 heterocycles. The smallest absolute Gasteiger partial charge is 0.338 e. The van der Waals surface area contributed by atoms with E-state index in [4.69, 9.17) is 37.7 Å². The Morgan fingerprint density at radius 3 is 2.43 bits per heavy atom. The largest absolute Gasteiger partial charge is 0.488 e. The molecule has 10 heteroatoms. The number of carbonyl (C=O) groups is 1. The Hall–Kier alpha value is -4.08. The van der Waals surface area contributed by atoms with E-state index in [2.05, 4.69) is 0 Å². The van der Waals surface area contributed by atoms with E-state index in [9.17, 15) is 9.59 Å². The van der Waals surface area contributed by atoms with Crippen LogP contribution in [0.5, 0.6) is 5.75 Å². The normalized spacial score (nSPS) is 14.5. The molecule has 0 amide bonds. The summed E-state index contributed by atoms with van der Waals surface area (Å²) < 4.78 is 13.8. The van der Waals surface area contributed by atoms with Gasteiger partial charge in [-0.1, -0.05) is 101 Å². The maximum atomic E-state index is 14.3. The van der Waals surface area contributed by atoms with E-state index in [1.54, 1.807) is 41.5 Å². The molecule has 6 rings (SSSR count). The Labute approximate surface area is 284 Å². The van der Waals surface area contributed by atoms with E-state index >= 15 is 0 Å². The topological polar surface area (TPSA) is 69.9 Å². The summed E-state index contributed by atoms with van der Waals surface area (Å²) in [4.78, 5) is 34.5. The number of aromatic nitrogens is 1. The summed E-state index contributed by atoms with van der Waals surface area (Å²) in [6, 6.07) is 29.5. The Morgan fingerprint density at radius 2 is 1.72 bits per heavy atom. The number of carbonyl (C=O) groups excluding carboxylic acids is 1. The fourth-order valence-electron chi connectivity index (χ4n) is 5.20. The first-order valence-corrected chi connectivity index (χ1v) is 17.3. The van der Waals surface area contributed by atoms with E-state index in [0.717, 1.165) is 27.1 Å². The third-order valence-corrected chi connectivity index (χ3v) is 9.85. The van der Waals surface area contributed by atoms with Gasteiger partial charge in [0.25, 0.3) is 5.56 Å². The number of hydrogen-bond donors (Lipinski definition) is 0. The standard InChI is InChI=1S/C36H28Cl2N2O4S2/c1-3-43-35(42)31-32(23-9-5-4-6-10-23)39-36-40(33(31)24-14-16-26(45-2)17-15-24)34(41)30(46-36)20-25-11-7-8-12-29(25)44-21-22-13-18-27(37)28(38)19-22/h4-20,33H,3,21H2,1-2H3/b30-20-/t33-/m1/s1. The molecule has 46 heavy (non-hydrogen) atoms. The predicted octanol–water partition coefficient (Wildman–Crippen LogP) is 7.54. The first-order valence-electron chi connectivity index (χ1n) is 14.5. The second kappa shape index (κ2) is 14.1. The number of benzene rings is 4. The van der Waals surface area contributed by atoms with Gasteiger partial charge in [0.05, 0.1) is 38.5 Å². The molecule has 6 nitrogen and oxygen atoms in total. The van der Waals surface area contributed by atoms with Gasteiger partial charge in [0.2, 0.25) is 0 Å². The average molecular weight is 688 g/mol. The summed E-state index contributed by atoms with van der Waals surface area (Å²) in [5, 5.41) is 0.924. The van der Waals surface area contributed by atoms with Gasteiger partial charge in [-0.3, -0.25) is 9.36 Å². The number of halogens is 2. The Balaban J connectivity index is 1.50. The number of hydrogen-bond acceptors (Lipinski definition) is 7. The molecule has 0 bridgehead atoms. The van der Waals surface area contributed by atoms with Gasteiger partial charge in [-0.25, -0.2) is 9.79 Å². The van der Waals surface area contributed by atoms with Crippen molar-refractivity contribution in [1.82, 2.24) is 4.57 Å². The van der Waals surface area contributed by atoms with Crippen LogP contribution in [0, 0.1) is 0 Å². The number of esters is 1. The number of thioether (sulfide) groups is 1. The second-order valence-corrected chi connectivity index (χ2v) is 13.0. The molecule has 0 radical (unpaired) electrons. The van der Waals surface area contributed by atoms with Gasteiger partial charge in [-0.15, -0.1) is 11.8 Å². The maximum absolute atomic E-state index is 14.3. The van der Waals surface area contributed by atoms with Crippen molar-refractivity contribution in [2.75, 3.05) is 12.9 Å². The SMILES string of the molecule is CCOC(=O)C1=C(c2ccccc2)N=c2s/c(=C\c3ccccc3OCc3ccc(Cl)c(Cl)c3)c(=O)n2[C@@H]1c1ccc(SC)cc1. The van der Waals surface area contributed by atoms with Crippen LogP contribution in [0.4, 0.5) is 0 Å². The van der Waals surface area contributed by atoms with Crippen LogP contribution in [-0.4, -0.2) is 23.4 Å². The van der Waals surface area contributed by atoms with Crippen LogP contribution in [0.15, 0.2) is 117 Å². The highest BCUT2D eigenvalue weighted by atomic mass is 35.5. The number of para-hydroxylation sites is 1. The minimum absolute atomic E-state index is 0.186. The number of fused-ring (bicyclic) bond motifs is 1. The van der Waals surface area contributed by atoms with Crippen LogP contribution in [0.25, 0.3) is 11.8 Å². The van der Waals surface area contributed by atoms with Gasteiger partial charge >= 0.3 is 5.97 Å². The van der Waals surface area contributed by atoms with Gasteiger partial charge in [0.1, 0.15) is 12.4 Å². The van der Waals surface area contributed by atoms with E-state index in [-0.39, 0.29) is 18.8 Å². The van der Waals surface area contributed by atoms with Crippen LogP contribution in [-0.2, 0) is 16.1 Å². The summed E-state index contributed by atoms with van der Waals surface area (Å²) in [5.41, 5.74) is 3.65. The molecule has 1 aliphatic rings. The van der Waals surface area contributed by atoms with Crippen LogP contribution < -0.4 is 19.6 Å². The molecule has 0 N–H and O–H groups in total. The van der Waals surface area contributed by atoms with Crippen LogP contribution in [0.2, 0.25) is 10.0 Å². The van der Waals surface area contributed by atoms with E-state index in [1.807, 2.05) is 91.2 Å². The molecular weight excluding hydrogens is 659 g/mol. The van der Waals surface area contributed by atoms with Crippen LogP contribution in [0.3, 0.4) is 0 Å². The Bertz CT molecular complexity index is 2120. The van der Waals surface area contributed by atoms with E-state index < -0.39 is 12.0 Å². The van der Waals surface area contributed by atoms with Crippen LogP contribution >= 0.6 is 46.3 Å². The number of thiazole rings is 1. The van der Waals surface area contributed by atoms with Gasteiger partial charge in [0, 0.05) is 16.0 Å². The molecule has 5 aromatic rings. The van der Waals surface area contributed by atoms with Crippen molar-refractivity contribution >= 4 is 64.0 Å². The molecule has 0 spiro atoms. The third-order valence-electron chi connectivity index (χ3n) is 7.39. The number of ether oxygens (including phenoxy) is 2. The molecule has 4 aromatic carbocycles. The molecule has 0 aliphatic carbocycles. The van der Waals surface area contributed by atoms with Crippen molar-refractivity contribution in [2.24, 2.45) is 4.99 Å². The zero-order valence-corrected chi connectivity index (χ0v) is 28.1. The molecule has 1 aromatic heterocycles. The molecular formula is C36H28Cl2N2O4S2. The zero-order valence-electron chi connectivity index (χ0n) is 24.9. The zero-order chi connectivity index (χ0) is 32.2. The molecule has 0 fully saturated rings. The monoisotopic (exact) mass is 686 g/mol. The minimum atomic E-state index is -0.746. The second-order valence-electron chi connectivity index (χ2n) is 10.3. The average Bonchev–Trinajstić information content (AvgIpc) is 3.39. The highest BCUT2D eigenvalue weighted by Crippen LogP contribution is 2.36. The molecule has 232 valence electrons. The summed E-state index contributed by atoms with van der Waals surface area (Å²) in [7, 11) is 0. The maximum Gasteiger partial charge on any atom is 0.338 e. The molecule has 0 unspecified atom stereocenters. The van der Waals surface area contributed by atoms with Crippen molar-refractivity contribution < 1.29 is 14.3 Å². The third kappa shape index (κ3) is 6.57. The lowest BCUT2D eigenvalue weighted by atomic mass is 9.93. The molecule has 1 atom stereocenters. The first-order chi connectivity index (χ1) is 22.4. The highest BCUT2D eigenvalue weighted by Gasteiger charge is 2.35. The lowest BCUT2D eigenvalue weighted by Gasteiger charge is -2.26. The van der Waals surface area contributed by atoms with Crippen LogP contribution in [0.1, 0.15) is 35.2 Å². The quantitative estimate of drug-likeness (QED) is 0.118. The predicted molar refractivity (Wildman–Crippen MR) is 187 cm³/mol. The first kappa shape index (κ1) is 31.9. The fourth-order valence-corrected chi connectivity index (χ4v) is 6.93. The number of nitrogens with zero attached hydrogens (tertiary/aromatic N) is 2. The summed E-state index contributed by atoms with van der Waals surface area (Å²) >= 11 is 15.2. The molecule has 0 saturated heterocycles. The molecule has 0 saturated carbocycles. The minimum Gasteiger partial charge on any atom is -0.488 e. The van der Waals surface area contributed by atoms with Gasteiger partial charge < -0.3 is 9.47 Å². The van der Waals surface area contributed by atoms with Gasteiger partial charge in [-0.05, 0) is 60.7 Å². The lowest BCUT2D eigenvalue weighted by Crippen LogP contribution is -2.40.